The van der Waals surface area contributed by atoms with Gasteiger partial charge in [-0.15, -0.1) is 5.10 Å². The van der Waals surface area contributed by atoms with Crippen molar-refractivity contribution in [2.45, 2.75) is 50.5 Å². The number of nitrogens with zero attached hydrogens (tertiary/aromatic N) is 4. The molecular formula is C17H22N6. The fourth-order valence-corrected chi connectivity index (χ4v) is 3.95. The van der Waals surface area contributed by atoms with Gasteiger partial charge in [-0.05, 0) is 57.1 Å². The number of hydrogen-bond acceptors (Lipinski definition) is 4. The van der Waals surface area contributed by atoms with Gasteiger partial charge in [0, 0.05) is 23.5 Å². The van der Waals surface area contributed by atoms with Gasteiger partial charge < -0.3 is 10.3 Å². The summed E-state index contributed by atoms with van der Waals surface area (Å²) in [7, 11) is 0. The molecule has 0 radical (unpaired) electrons. The summed E-state index contributed by atoms with van der Waals surface area (Å²) in [6.07, 6.45) is 11.5. The zero-order valence-electron chi connectivity index (χ0n) is 13.2. The molecule has 0 atom stereocenters. The Morgan fingerprint density at radius 2 is 2.04 bits per heavy atom. The molecule has 2 N–H and O–H groups in total. The summed E-state index contributed by atoms with van der Waals surface area (Å²) in [5, 5.41) is 13.6. The van der Waals surface area contributed by atoms with Crippen LogP contribution in [-0.4, -0.2) is 37.4 Å². The van der Waals surface area contributed by atoms with Crippen LogP contribution in [-0.2, 0) is 0 Å². The fraction of sp³-hybridized carbons (Fsp3) is 0.588. The molecule has 2 fully saturated rings. The first-order valence-electron chi connectivity index (χ1n) is 8.79. The summed E-state index contributed by atoms with van der Waals surface area (Å²) in [4.78, 5) is 7.57. The molecule has 0 amide bonds. The average Bonchev–Trinajstić information content (AvgIpc) is 3.12. The Kier molecular flexibility index (Phi) is 3.11. The van der Waals surface area contributed by atoms with Gasteiger partial charge in [0.2, 0.25) is 0 Å². The summed E-state index contributed by atoms with van der Waals surface area (Å²) in [5.74, 6) is 1.37. The SMILES string of the molecule is c1cc2c(ncn3nnc([C@H]4CC[C@H](CNC5CC5)CC4)c23)[nH]1. The molecule has 23 heavy (non-hydrogen) atoms. The van der Waals surface area contributed by atoms with Crippen LogP contribution in [0.2, 0.25) is 0 Å². The minimum absolute atomic E-state index is 0.533. The molecule has 0 aliphatic heterocycles. The maximum absolute atomic E-state index is 4.50. The first-order chi connectivity index (χ1) is 11.4. The number of aromatic amines is 1. The predicted molar refractivity (Wildman–Crippen MR) is 88.4 cm³/mol. The Balaban J connectivity index is 1.37. The molecule has 0 saturated heterocycles. The van der Waals surface area contributed by atoms with Crippen LogP contribution in [0.1, 0.15) is 50.1 Å². The van der Waals surface area contributed by atoms with Crippen LogP contribution >= 0.6 is 0 Å². The lowest BCUT2D eigenvalue weighted by molar-refractivity contribution is 0.311. The molecule has 2 aliphatic carbocycles. The van der Waals surface area contributed by atoms with E-state index in [1.54, 1.807) is 6.33 Å². The van der Waals surface area contributed by atoms with Crippen LogP contribution in [0.4, 0.5) is 0 Å². The van der Waals surface area contributed by atoms with Gasteiger partial charge in [0.15, 0.2) is 0 Å². The first-order valence-corrected chi connectivity index (χ1v) is 8.79. The normalized spacial score (nSPS) is 25.4. The second-order valence-corrected chi connectivity index (χ2v) is 7.15. The molecule has 120 valence electrons. The summed E-state index contributed by atoms with van der Waals surface area (Å²) < 4.78 is 1.83. The van der Waals surface area contributed by atoms with E-state index in [0.717, 1.165) is 34.2 Å². The van der Waals surface area contributed by atoms with Gasteiger partial charge in [-0.3, -0.25) is 0 Å². The quantitative estimate of drug-likeness (QED) is 0.777. The van der Waals surface area contributed by atoms with Crippen LogP contribution in [0.25, 0.3) is 16.6 Å². The summed E-state index contributed by atoms with van der Waals surface area (Å²) in [6, 6.07) is 2.90. The van der Waals surface area contributed by atoms with Gasteiger partial charge in [0.05, 0.1) is 5.69 Å². The minimum Gasteiger partial charge on any atom is -0.346 e. The number of aromatic nitrogens is 5. The van der Waals surface area contributed by atoms with E-state index >= 15 is 0 Å². The summed E-state index contributed by atoms with van der Waals surface area (Å²) in [6.45, 7) is 1.20. The molecule has 0 unspecified atom stereocenters. The molecule has 0 bridgehead atoms. The maximum atomic E-state index is 4.50. The molecule has 5 rings (SSSR count). The molecule has 3 heterocycles. The largest absolute Gasteiger partial charge is 0.346 e. The molecule has 3 aromatic rings. The number of H-pyrrole nitrogens is 1. The van der Waals surface area contributed by atoms with Crippen molar-refractivity contribution in [3.05, 3.63) is 24.3 Å². The molecule has 6 nitrogen and oxygen atoms in total. The second-order valence-electron chi connectivity index (χ2n) is 7.15. The van der Waals surface area contributed by atoms with Crippen molar-refractivity contribution in [2.75, 3.05) is 6.54 Å². The van der Waals surface area contributed by atoms with Gasteiger partial charge in [-0.25, -0.2) is 9.50 Å². The third kappa shape index (κ3) is 2.41. The average molecular weight is 310 g/mol. The molecule has 0 spiro atoms. The molecule has 0 aromatic carbocycles. The highest BCUT2D eigenvalue weighted by Gasteiger charge is 2.28. The van der Waals surface area contributed by atoms with E-state index in [0.29, 0.717) is 5.92 Å². The van der Waals surface area contributed by atoms with Gasteiger partial charge in [0.1, 0.15) is 17.5 Å². The predicted octanol–water partition coefficient (Wildman–Crippen LogP) is 2.63. The van der Waals surface area contributed by atoms with Crippen molar-refractivity contribution < 1.29 is 0 Å². The molecule has 3 aromatic heterocycles. The molecular weight excluding hydrogens is 288 g/mol. The van der Waals surface area contributed by atoms with Crippen molar-refractivity contribution in [3.63, 3.8) is 0 Å². The smallest absolute Gasteiger partial charge is 0.141 e. The van der Waals surface area contributed by atoms with Gasteiger partial charge in [-0.1, -0.05) is 5.21 Å². The highest BCUT2D eigenvalue weighted by atomic mass is 15.4. The van der Waals surface area contributed by atoms with E-state index in [-0.39, 0.29) is 0 Å². The van der Waals surface area contributed by atoms with Gasteiger partial charge >= 0.3 is 0 Å². The number of fused-ring (bicyclic) bond motifs is 3. The Morgan fingerprint density at radius 3 is 2.87 bits per heavy atom. The van der Waals surface area contributed by atoms with E-state index in [2.05, 4.69) is 31.7 Å². The zero-order valence-corrected chi connectivity index (χ0v) is 13.2. The lowest BCUT2D eigenvalue weighted by atomic mass is 9.80. The lowest BCUT2D eigenvalue weighted by Gasteiger charge is -2.27. The van der Waals surface area contributed by atoms with Gasteiger partial charge in [-0.2, -0.15) is 0 Å². The monoisotopic (exact) mass is 310 g/mol. The molecule has 2 aliphatic rings. The van der Waals surface area contributed by atoms with Crippen molar-refractivity contribution >= 4 is 16.6 Å². The lowest BCUT2D eigenvalue weighted by Crippen LogP contribution is -2.27. The Hall–Kier alpha value is -1.95. The number of rotatable bonds is 4. The van der Waals surface area contributed by atoms with E-state index < -0.39 is 0 Å². The molecule has 6 heteroatoms. The van der Waals surface area contributed by atoms with Crippen LogP contribution < -0.4 is 5.32 Å². The standard InChI is InChI=1S/C17H22N6/c1-3-12(4-2-11(1)9-19-13-5-6-13)15-16-14-7-8-18-17(14)20-10-23(16)22-21-15/h7-8,10-13,18-19H,1-6,9H2/t11-,12-. The third-order valence-corrected chi connectivity index (χ3v) is 5.50. The van der Waals surface area contributed by atoms with Gasteiger partial charge in [0.25, 0.3) is 0 Å². The van der Waals surface area contributed by atoms with Crippen molar-refractivity contribution in [3.8, 4) is 0 Å². The minimum atomic E-state index is 0.533. The maximum Gasteiger partial charge on any atom is 0.141 e. The van der Waals surface area contributed by atoms with Crippen LogP contribution in [0, 0.1) is 5.92 Å². The van der Waals surface area contributed by atoms with E-state index in [9.17, 15) is 0 Å². The number of nitrogens with one attached hydrogen (secondary N) is 2. The highest BCUT2D eigenvalue weighted by molar-refractivity contribution is 5.92. The zero-order chi connectivity index (χ0) is 15.2. The van der Waals surface area contributed by atoms with E-state index in [1.807, 2.05) is 10.7 Å². The summed E-state index contributed by atoms with van der Waals surface area (Å²) >= 11 is 0. The van der Waals surface area contributed by atoms with Crippen LogP contribution in [0.3, 0.4) is 0 Å². The van der Waals surface area contributed by atoms with Crippen molar-refractivity contribution in [1.82, 2.24) is 30.1 Å². The van der Waals surface area contributed by atoms with Crippen molar-refractivity contribution in [1.29, 1.82) is 0 Å². The Bertz CT molecular complexity index is 822. The van der Waals surface area contributed by atoms with Crippen molar-refractivity contribution in [2.24, 2.45) is 5.92 Å². The third-order valence-electron chi connectivity index (χ3n) is 5.50. The van der Waals surface area contributed by atoms with Crippen LogP contribution in [0.15, 0.2) is 18.6 Å². The fourth-order valence-electron chi connectivity index (χ4n) is 3.95. The first kappa shape index (κ1) is 13.5. The Labute approximate surface area is 134 Å². The summed E-state index contributed by atoms with van der Waals surface area (Å²) in [5.41, 5.74) is 3.21. The van der Waals surface area contributed by atoms with Crippen LogP contribution in [0.5, 0.6) is 0 Å². The Morgan fingerprint density at radius 1 is 1.17 bits per heavy atom. The molecule has 2 saturated carbocycles. The topological polar surface area (TPSA) is 70.9 Å². The van der Waals surface area contributed by atoms with E-state index in [1.165, 1.54) is 45.1 Å². The highest BCUT2D eigenvalue weighted by Crippen LogP contribution is 2.37. The number of hydrogen-bond donors (Lipinski definition) is 2. The van der Waals surface area contributed by atoms with E-state index in [4.69, 9.17) is 0 Å². The second kappa shape index (κ2) is 5.30.